The Bertz CT molecular complexity index is 1560. The van der Waals surface area contributed by atoms with Gasteiger partial charge < -0.3 is 25.8 Å². The maximum Gasteiger partial charge on any atom is 0.251 e. The monoisotopic (exact) mass is 585 g/mol. The van der Waals surface area contributed by atoms with E-state index in [0.29, 0.717) is 46.9 Å². The third-order valence-corrected chi connectivity index (χ3v) is 7.69. The highest BCUT2D eigenvalue weighted by atomic mass is 35.5. The van der Waals surface area contributed by atoms with Crippen LogP contribution in [0.5, 0.6) is 0 Å². The van der Waals surface area contributed by atoms with E-state index in [1.807, 2.05) is 49.5 Å². The average Bonchev–Trinajstić information content (AvgIpc) is 3.41. The number of anilines is 2. The molecule has 2 atom stereocenters. The maximum atomic E-state index is 12.8. The summed E-state index contributed by atoms with van der Waals surface area (Å²) in [5.74, 6) is 0.564. The fourth-order valence-corrected chi connectivity index (χ4v) is 5.47. The summed E-state index contributed by atoms with van der Waals surface area (Å²) in [4.78, 5) is 39.3. The number of H-pyrrole nitrogens is 1. The van der Waals surface area contributed by atoms with E-state index in [0.717, 1.165) is 42.1 Å². The number of carbonyl (C=O) groups is 2. The molecule has 0 spiro atoms. The van der Waals surface area contributed by atoms with Gasteiger partial charge in [-0.15, -0.1) is 0 Å². The van der Waals surface area contributed by atoms with Crippen molar-refractivity contribution in [2.24, 2.45) is 5.92 Å². The molecule has 2 heterocycles. The molecule has 1 saturated carbocycles. The van der Waals surface area contributed by atoms with Gasteiger partial charge >= 0.3 is 0 Å². The summed E-state index contributed by atoms with van der Waals surface area (Å²) in [5, 5.41) is 11.0. The van der Waals surface area contributed by atoms with Gasteiger partial charge in [0, 0.05) is 59.1 Å². The second kappa shape index (κ2) is 13.6. The summed E-state index contributed by atoms with van der Waals surface area (Å²) in [6.45, 7) is 1.28. The van der Waals surface area contributed by atoms with Crippen LogP contribution in [-0.2, 0) is 4.79 Å². The summed E-state index contributed by atoms with van der Waals surface area (Å²) in [5.41, 5.74) is 3.86. The number of hydrogen-bond acceptors (Lipinski definition) is 6. The lowest BCUT2D eigenvalue weighted by Gasteiger charge is -2.30. The van der Waals surface area contributed by atoms with Crippen molar-refractivity contribution in [1.82, 2.24) is 25.2 Å². The number of hydrogen-bond donors (Lipinski definition) is 4. The molecule has 0 saturated heterocycles. The van der Waals surface area contributed by atoms with Crippen LogP contribution in [0.3, 0.4) is 0 Å². The number of rotatable bonds is 10. The van der Waals surface area contributed by atoms with Crippen LogP contribution in [0, 0.1) is 5.92 Å². The van der Waals surface area contributed by atoms with Gasteiger partial charge in [0.05, 0.1) is 16.9 Å². The molecule has 10 heteroatoms. The molecule has 9 nitrogen and oxygen atoms in total. The number of halogens is 1. The van der Waals surface area contributed by atoms with Gasteiger partial charge in [-0.1, -0.05) is 42.3 Å². The minimum absolute atomic E-state index is 0.127. The normalized spacial score (nSPS) is 17.0. The highest BCUT2D eigenvalue weighted by Gasteiger charge is 2.24. The van der Waals surface area contributed by atoms with Crippen molar-refractivity contribution >= 4 is 46.0 Å². The smallest absolute Gasteiger partial charge is 0.251 e. The summed E-state index contributed by atoms with van der Waals surface area (Å²) in [7, 11) is 3.88. The van der Waals surface area contributed by atoms with E-state index >= 15 is 0 Å². The Labute approximate surface area is 250 Å². The minimum atomic E-state index is -0.201. The molecule has 2 amide bonds. The lowest BCUT2D eigenvalue weighted by atomic mass is 9.85. The molecule has 1 aliphatic carbocycles. The van der Waals surface area contributed by atoms with E-state index in [2.05, 4.69) is 25.9 Å². The molecule has 4 aromatic rings. The quantitative estimate of drug-likeness (QED) is 0.177. The zero-order valence-corrected chi connectivity index (χ0v) is 24.6. The number of fused-ring (bicyclic) bond motifs is 1. The van der Waals surface area contributed by atoms with E-state index in [-0.39, 0.29) is 17.9 Å². The van der Waals surface area contributed by atoms with Crippen LogP contribution in [0.1, 0.15) is 36.0 Å². The zero-order valence-electron chi connectivity index (χ0n) is 23.9. The number of nitrogens with zero attached hydrogens (tertiary/aromatic N) is 3. The van der Waals surface area contributed by atoms with Crippen LogP contribution < -0.4 is 16.0 Å². The van der Waals surface area contributed by atoms with Gasteiger partial charge in [0.2, 0.25) is 11.9 Å². The number of aromatic nitrogens is 3. The molecule has 1 fully saturated rings. The van der Waals surface area contributed by atoms with Crippen LogP contribution in [0.2, 0.25) is 5.02 Å². The second-order valence-corrected chi connectivity index (χ2v) is 11.4. The van der Waals surface area contributed by atoms with Gasteiger partial charge in [0.1, 0.15) is 0 Å². The summed E-state index contributed by atoms with van der Waals surface area (Å²) in [6, 6.07) is 15.2. The van der Waals surface area contributed by atoms with Crippen LogP contribution in [0.15, 0.2) is 73.1 Å². The number of carbonyl (C=O) groups excluding carboxylic acids is 2. The first-order valence-corrected chi connectivity index (χ1v) is 14.6. The van der Waals surface area contributed by atoms with Crippen LogP contribution in [-0.4, -0.2) is 64.9 Å². The van der Waals surface area contributed by atoms with Gasteiger partial charge in [-0.2, -0.15) is 0 Å². The molecule has 1 aliphatic rings. The molecule has 2 aromatic heterocycles. The zero-order chi connectivity index (χ0) is 29.5. The Hall–Kier alpha value is -4.21. The van der Waals surface area contributed by atoms with Crippen LogP contribution in [0.25, 0.3) is 22.2 Å². The SMILES string of the molecule is CN(C)C/C=C/C(=O)Nc1ccc(C(=O)NCC2CCCC(Nc3ncc(Cl)c(-c4c[nH]c5ccccc45)n3)C2)cc1. The topological polar surface area (TPSA) is 115 Å². The van der Waals surface area contributed by atoms with E-state index in [1.165, 1.54) is 6.08 Å². The predicted molar refractivity (Wildman–Crippen MR) is 169 cm³/mol. The molecular weight excluding hydrogens is 550 g/mol. The van der Waals surface area contributed by atoms with Gasteiger partial charge in [0.25, 0.3) is 5.91 Å². The second-order valence-electron chi connectivity index (χ2n) is 11.0. The fourth-order valence-electron chi connectivity index (χ4n) is 5.28. The maximum absolute atomic E-state index is 12.8. The largest absolute Gasteiger partial charge is 0.360 e. The lowest BCUT2D eigenvalue weighted by molar-refractivity contribution is -0.111. The summed E-state index contributed by atoms with van der Waals surface area (Å²) < 4.78 is 0. The van der Waals surface area contributed by atoms with Crippen molar-refractivity contribution in [3.63, 3.8) is 0 Å². The molecule has 0 bridgehead atoms. The molecule has 218 valence electrons. The Morgan fingerprint density at radius 1 is 1.12 bits per heavy atom. The van der Waals surface area contributed by atoms with Gasteiger partial charge in [-0.3, -0.25) is 9.59 Å². The molecule has 2 aromatic carbocycles. The molecule has 2 unspecified atom stereocenters. The molecule has 4 N–H and O–H groups in total. The summed E-state index contributed by atoms with van der Waals surface area (Å²) in [6.07, 6.45) is 10.9. The predicted octanol–water partition coefficient (Wildman–Crippen LogP) is 5.74. The minimum Gasteiger partial charge on any atom is -0.360 e. The number of benzene rings is 2. The van der Waals surface area contributed by atoms with Crippen molar-refractivity contribution in [1.29, 1.82) is 0 Å². The van der Waals surface area contributed by atoms with Crippen molar-refractivity contribution in [2.75, 3.05) is 37.8 Å². The Kier molecular flexibility index (Phi) is 9.51. The summed E-state index contributed by atoms with van der Waals surface area (Å²) >= 11 is 6.50. The number of likely N-dealkylation sites (N-methyl/N-ethyl adjacent to an activating group) is 1. The Balaban J connectivity index is 1.13. The molecule has 0 radical (unpaired) electrons. The fraction of sp³-hybridized carbons (Fsp3) is 0.312. The van der Waals surface area contributed by atoms with Gasteiger partial charge in [-0.25, -0.2) is 9.97 Å². The van der Waals surface area contributed by atoms with Crippen LogP contribution in [0.4, 0.5) is 11.6 Å². The third-order valence-electron chi connectivity index (χ3n) is 7.41. The van der Waals surface area contributed by atoms with E-state index < -0.39 is 0 Å². The number of amides is 2. The Morgan fingerprint density at radius 2 is 1.93 bits per heavy atom. The average molecular weight is 586 g/mol. The number of aromatic amines is 1. The van der Waals surface area contributed by atoms with Crippen molar-refractivity contribution in [3.05, 3.63) is 83.7 Å². The third kappa shape index (κ3) is 7.54. The number of nitrogens with one attached hydrogen (secondary N) is 4. The lowest BCUT2D eigenvalue weighted by Crippen LogP contribution is -2.35. The van der Waals surface area contributed by atoms with Crippen molar-refractivity contribution in [2.45, 2.75) is 31.7 Å². The molecule has 0 aliphatic heterocycles. The van der Waals surface area contributed by atoms with E-state index in [9.17, 15) is 9.59 Å². The highest BCUT2D eigenvalue weighted by molar-refractivity contribution is 6.33. The number of para-hydroxylation sites is 1. The van der Waals surface area contributed by atoms with E-state index in [1.54, 1.807) is 36.5 Å². The first-order chi connectivity index (χ1) is 20.4. The Morgan fingerprint density at radius 3 is 2.74 bits per heavy atom. The van der Waals surface area contributed by atoms with Crippen molar-refractivity contribution < 1.29 is 9.59 Å². The molecule has 42 heavy (non-hydrogen) atoms. The molecular formula is C32H36ClN7O2. The molecule has 5 rings (SSSR count). The highest BCUT2D eigenvalue weighted by Crippen LogP contribution is 2.33. The van der Waals surface area contributed by atoms with Gasteiger partial charge in [-0.05, 0) is 69.6 Å². The van der Waals surface area contributed by atoms with Crippen molar-refractivity contribution in [3.8, 4) is 11.3 Å². The first-order valence-electron chi connectivity index (χ1n) is 14.2. The van der Waals surface area contributed by atoms with Crippen LogP contribution >= 0.6 is 11.6 Å². The van der Waals surface area contributed by atoms with Gasteiger partial charge in [0.15, 0.2) is 0 Å². The standard InChI is InChI=1S/C32H36ClN7O2/c1-40(2)16-6-11-29(41)37-23-14-12-22(13-15-23)31(42)35-18-21-7-5-8-24(17-21)38-32-36-20-27(33)30(39-32)26-19-34-28-10-4-3-9-25(26)28/h3-4,6,9-15,19-21,24,34H,5,7-8,16-18H2,1-2H3,(H,35,42)(H,37,41)(H,36,38,39)/b11-6+. The first kappa shape index (κ1) is 29.3. The van der Waals surface area contributed by atoms with E-state index in [4.69, 9.17) is 16.6 Å².